The molecule has 2 aromatic carbocycles. The van der Waals surface area contributed by atoms with Crippen LogP contribution in [0.15, 0.2) is 42.5 Å². The van der Waals surface area contributed by atoms with Crippen LogP contribution in [0, 0.1) is 11.7 Å². The number of anilines is 2. The van der Waals surface area contributed by atoms with Gasteiger partial charge in [-0.2, -0.15) is 4.98 Å². The monoisotopic (exact) mass is 465 g/mol. The first kappa shape index (κ1) is 23.3. The molecule has 8 nitrogen and oxygen atoms in total. The first-order valence-corrected chi connectivity index (χ1v) is 11.1. The maximum atomic E-state index is 13.7. The molecule has 0 unspecified atom stereocenters. The summed E-state index contributed by atoms with van der Waals surface area (Å²) >= 11 is 0. The van der Waals surface area contributed by atoms with E-state index < -0.39 is 0 Å². The summed E-state index contributed by atoms with van der Waals surface area (Å²) in [4.78, 5) is 23.4. The number of carbonyl (C=O) groups excluding carboxylic acids is 1. The van der Waals surface area contributed by atoms with Crippen molar-refractivity contribution in [2.75, 3.05) is 44.5 Å². The lowest BCUT2D eigenvalue weighted by molar-refractivity contribution is -0.116. The Hall–Kier alpha value is -3.88. The molecule has 9 heteroatoms. The van der Waals surface area contributed by atoms with Crippen LogP contribution < -0.4 is 25.4 Å². The number of rotatable bonds is 7. The van der Waals surface area contributed by atoms with Crippen molar-refractivity contribution in [2.45, 2.75) is 12.8 Å². The summed E-state index contributed by atoms with van der Waals surface area (Å²) in [5.41, 5.74) is 7.29. The Balaban J connectivity index is 1.34. The van der Waals surface area contributed by atoms with E-state index in [1.807, 2.05) is 0 Å². The van der Waals surface area contributed by atoms with E-state index in [4.69, 9.17) is 20.2 Å². The molecular weight excluding hydrogens is 437 g/mol. The average Bonchev–Trinajstić information content (AvgIpc) is 2.86. The van der Waals surface area contributed by atoms with Gasteiger partial charge in [-0.1, -0.05) is 18.2 Å². The minimum absolute atomic E-state index is 0.235. The number of hydrogen-bond acceptors (Lipinski definition) is 7. The van der Waals surface area contributed by atoms with Crippen LogP contribution in [0.2, 0.25) is 0 Å². The van der Waals surface area contributed by atoms with Gasteiger partial charge in [0.2, 0.25) is 11.9 Å². The highest BCUT2D eigenvalue weighted by Crippen LogP contribution is 2.34. The van der Waals surface area contributed by atoms with Crippen LogP contribution in [0.4, 0.5) is 16.2 Å². The molecular formula is C25H28FN5O3. The molecule has 0 spiro atoms. The predicted molar refractivity (Wildman–Crippen MR) is 130 cm³/mol. The lowest BCUT2D eigenvalue weighted by Gasteiger charge is -2.32. The smallest absolute Gasteiger partial charge is 0.244 e. The van der Waals surface area contributed by atoms with E-state index in [9.17, 15) is 9.18 Å². The van der Waals surface area contributed by atoms with Gasteiger partial charge in [0.05, 0.1) is 19.7 Å². The van der Waals surface area contributed by atoms with E-state index in [1.165, 1.54) is 18.2 Å². The number of ether oxygens (including phenoxy) is 2. The maximum absolute atomic E-state index is 13.7. The minimum Gasteiger partial charge on any atom is -0.493 e. The normalized spacial score (nSPS) is 14.5. The van der Waals surface area contributed by atoms with Crippen LogP contribution in [-0.2, 0) is 4.79 Å². The molecule has 3 aromatic rings. The summed E-state index contributed by atoms with van der Waals surface area (Å²) in [6.45, 7) is 2.07. The number of hydrogen-bond donors (Lipinski definition) is 2. The number of aromatic nitrogens is 2. The number of halogens is 1. The molecule has 178 valence electrons. The molecule has 3 N–H and O–H groups in total. The van der Waals surface area contributed by atoms with Gasteiger partial charge in [0.1, 0.15) is 11.6 Å². The molecule has 1 aliphatic heterocycles. The molecule has 0 saturated carbocycles. The predicted octanol–water partition coefficient (Wildman–Crippen LogP) is 3.41. The van der Waals surface area contributed by atoms with Gasteiger partial charge in [-0.25, -0.2) is 9.37 Å². The fourth-order valence-corrected chi connectivity index (χ4v) is 4.02. The zero-order valence-electron chi connectivity index (χ0n) is 19.3. The molecule has 0 bridgehead atoms. The van der Waals surface area contributed by atoms with Crippen LogP contribution >= 0.6 is 0 Å². The van der Waals surface area contributed by atoms with Crippen LogP contribution in [0.3, 0.4) is 0 Å². The van der Waals surface area contributed by atoms with E-state index in [2.05, 4.69) is 15.2 Å². The van der Waals surface area contributed by atoms with Crippen LogP contribution in [-0.4, -0.2) is 49.7 Å². The number of methoxy groups -OCH3 is 2. The van der Waals surface area contributed by atoms with Crippen molar-refractivity contribution >= 4 is 34.7 Å². The topological polar surface area (TPSA) is 103 Å². The summed E-state index contributed by atoms with van der Waals surface area (Å²) < 4.78 is 24.4. The Bertz CT molecular complexity index is 1210. The van der Waals surface area contributed by atoms with Crippen molar-refractivity contribution in [1.29, 1.82) is 0 Å². The molecule has 1 fully saturated rings. The number of nitrogens with two attached hydrogens (primary N) is 1. The van der Waals surface area contributed by atoms with Crippen LogP contribution in [0.25, 0.3) is 17.0 Å². The third-order valence-electron chi connectivity index (χ3n) is 6.00. The third-order valence-corrected chi connectivity index (χ3v) is 6.00. The zero-order chi connectivity index (χ0) is 24.1. The fraction of sp³-hybridized carbons (Fsp3) is 0.320. The first-order valence-electron chi connectivity index (χ1n) is 11.1. The van der Waals surface area contributed by atoms with Gasteiger partial charge >= 0.3 is 0 Å². The number of benzene rings is 2. The lowest BCUT2D eigenvalue weighted by atomic mass is 9.97. The number of amides is 1. The van der Waals surface area contributed by atoms with E-state index in [1.54, 1.807) is 44.6 Å². The van der Waals surface area contributed by atoms with Crippen molar-refractivity contribution in [3.05, 3.63) is 53.9 Å². The van der Waals surface area contributed by atoms with Crippen molar-refractivity contribution in [3.63, 3.8) is 0 Å². The summed E-state index contributed by atoms with van der Waals surface area (Å²) in [7, 11) is 3.15. The van der Waals surface area contributed by atoms with E-state index in [-0.39, 0.29) is 11.7 Å². The molecule has 0 radical (unpaired) electrons. The van der Waals surface area contributed by atoms with Gasteiger partial charge in [0.25, 0.3) is 0 Å². The SMILES string of the molecule is COc1cc2nc(N3CCC(CNC(=O)/C=C/c4ccccc4F)CC3)nc(N)c2cc1OC. The van der Waals surface area contributed by atoms with Gasteiger partial charge in [-0.05, 0) is 37.0 Å². The Labute approximate surface area is 197 Å². The van der Waals surface area contributed by atoms with Crippen LogP contribution in [0.1, 0.15) is 18.4 Å². The zero-order valence-corrected chi connectivity index (χ0v) is 19.3. The third kappa shape index (κ3) is 5.19. The second kappa shape index (κ2) is 10.4. The number of nitrogen functional groups attached to an aromatic ring is 1. The molecule has 1 amide bonds. The summed E-state index contributed by atoms with van der Waals surface area (Å²) in [5, 5.41) is 3.62. The molecule has 0 aliphatic carbocycles. The van der Waals surface area contributed by atoms with Gasteiger partial charge in [0, 0.05) is 42.7 Å². The average molecular weight is 466 g/mol. The molecule has 4 rings (SSSR count). The largest absolute Gasteiger partial charge is 0.493 e. The number of fused-ring (bicyclic) bond motifs is 1. The second-order valence-corrected chi connectivity index (χ2v) is 8.16. The number of nitrogens with zero attached hydrogens (tertiary/aromatic N) is 3. The standard InChI is InChI=1S/C25H28FN5O3/c1-33-21-13-18-20(14-22(21)34-2)29-25(30-24(18)27)31-11-9-16(10-12-31)15-28-23(32)8-7-17-5-3-4-6-19(17)26/h3-8,13-14,16H,9-12,15H2,1-2H3,(H,28,32)(H2,27,29,30)/b8-7+. The first-order chi connectivity index (χ1) is 16.5. The second-order valence-electron chi connectivity index (χ2n) is 8.16. The molecule has 1 saturated heterocycles. The van der Waals surface area contributed by atoms with Crippen LogP contribution in [0.5, 0.6) is 11.5 Å². The Morgan fingerprint density at radius 1 is 1.18 bits per heavy atom. The van der Waals surface area contributed by atoms with Gasteiger partial charge in [-0.3, -0.25) is 4.79 Å². The maximum Gasteiger partial charge on any atom is 0.244 e. The highest BCUT2D eigenvalue weighted by Gasteiger charge is 2.22. The lowest BCUT2D eigenvalue weighted by Crippen LogP contribution is -2.39. The summed E-state index contributed by atoms with van der Waals surface area (Å²) in [6.07, 6.45) is 4.61. The van der Waals surface area contributed by atoms with Gasteiger partial charge in [-0.15, -0.1) is 0 Å². The summed E-state index contributed by atoms with van der Waals surface area (Å²) in [5.74, 6) is 1.87. The van der Waals surface area contributed by atoms with E-state index in [0.717, 1.165) is 25.9 Å². The molecule has 34 heavy (non-hydrogen) atoms. The molecule has 2 heterocycles. The highest BCUT2D eigenvalue weighted by atomic mass is 19.1. The van der Waals surface area contributed by atoms with E-state index >= 15 is 0 Å². The van der Waals surface area contributed by atoms with Gasteiger partial charge in [0.15, 0.2) is 11.5 Å². The number of piperidine rings is 1. The Morgan fingerprint density at radius 3 is 2.59 bits per heavy atom. The number of nitrogens with one attached hydrogen (secondary N) is 1. The Kier molecular flexibility index (Phi) is 7.10. The quantitative estimate of drug-likeness (QED) is 0.516. The highest BCUT2D eigenvalue weighted by molar-refractivity contribution is 5.92. The molecule has 1 aliphatic rings. The number of carbonyl (C=O) groups is 1. The van der Waals surface area contributed by atoms with Crippen molar-refractivity contribution in [2.24, 2.45) is 5.92 Å². The van der Waals surface area contributed by atoms with E-state index in [0.29, 0.717) is 52.2 Å². The fourth-order valence-electron chi connectivity index (χ4n) is 4.02. The molecule has 0 atom stereocenters. The van der Waals surface area contributed by atoms with Crippen molar-refractivity contribution in [3.8, 4) is 11.5 Å². The Morgan fingerprint density at radius 2 is 1.88 bits per heavy atom. The molecule has 1 aromatic heterocycles. The van der Waals surface area contributed by atoms with Gasteiger partial charge < -0.3 is 25.4 Å². The summed E-state index contributed by atoms with van der Waals surface area (Å²) in [6, 6.07) is 9.92. The van der Waals surface area contributed by atoms with Crippen molar-refractivity contribution < 1.29 is 18.7 Å². The van der Waals surface area contributed by atoms with Crippen molar-refractivity contribution in [1.82, 2.24) is 15.3 Å². The minimum atomic E-state index is -0.354.